The van der Waals surface area contributed by atoms with E-state index in [-0.39, 0.29) is 0 Å². The lowest BCUT2D eigenvalue weighted by Crippen LogP contribution is -2.29. The van der Waals surface area contributed by atoms with Crippen LogP contribution in [0.4, 0.5) is 5.82 Å². The lowest BCUT2D eigenvalue weighted by molar-refractivity contribution is 0.157. The average molecular weight is 314 g/mol. The molecule has 4 nitrogen and oxygen atoms in total. The quantitative estimate of drug-likeness (QED) is 0.571. The Labute approximate surface area is 117 Å². The number of nitrogens with zero attached hydrogens (tertiary/aromatic N) is 3. The van der Waals surface area contributed by atoms with Gasteiger partial charge in [-0.05, 0) is 26.2 Å². The van der Waals surface area contributed by atoms with E-state index >= 15 is 0 Å². The van der Waals surface area contributed by atoms with Crippen LogP contribution in [0.25, 0.3) is 0 Å². The van der Waals surface area contributed by atoms with Crippen molar-refractivity contribution in [3.05, 3.63) is 17.6 Å². The highest BCUT2D eigenvalue weighted by Crippen LogP contribution is 2.27. The van der Waals surface area contributed by atoms with Crippen molar-refractivity contribution in [3.8, 4) is 0 Å². The van der Waals surface area contributed by atoms with Gasteiger partial charge < -0.3 is 9.64 Å². The minimum absolute atomic E-state index is 0.748. The van der Waals surface area contributed by atoms with Crippen molar-refractivity contribution in [1.82, 2.24) is 9.97 Å². The van der Waals surface area contributed by atoms with Gasteiger partial charge in [0.2, 0.25) is 0 Å². The number of aromatic nitrogens is 2. The highest BCUT2D eigenvalue weighted by Gasteiger charge is 2.20. The molecule has 0 spiro atoms. The van der Waals surface area contributed by atoms with E-state index in [4.69, 9.17) is 4.74 Å². The summed E-state index contributed by atoms with van der Waals surface area (Å²) in [7, 11) is 0. The van der Waals surface area contributed by atoms with Crippen LogP contribution in [-0.2, 0) is 17.6 Å². The van der Waals surface area contributed by atoms with Gasteiger partial charge in [-0.2, -0.15) is 0 Å². The minimum atomic E-state index is 0.748. The SMILES string of the molecule is CCN(CCOCCBr)c1ncnc2c1CCC2. The number of rotatable bonds is 7. The van der Waals surface area contributed by atoms with E-state index in [1.807, 2.05) is 0 Å². The Morgan fingerprint density at radius 3 is 3.00 bits per heavy atom. The smallest absolute Gasteiger partial charge is 0.135 e. The predicted molar refractivity (Wildman–Crippen MR) is 76.6 cm³/mol. The van der Waals surface area contributed by atoms with E-state index in [0.29, 0.717) is 0 Å². The maximum atomic E-state index is 5.52. The van der Waals surface area contributed by atoms with E-state index < -0.39 is 0 Å². The number of ether oxygens (including phenoxy) is 1. The summed E-state index contributed by atoms with van der Waals surface area (Å²) in [5, 5.41) is 0.891. The van der Waals surface area contributed by atoms with Crippen molar-refractivity contribution in [2.24, 2.45) is 0 Å². The van der Waals surface area contributed by atoms with E-state index in [1.165, 1.54) is 17.7 Å². The van der Waals surface area contributed by atoms with E-state index in [9.17, 15) is 0 Å². The average Bonchev–Trinajstić information content (AvgIpc) is 2.87. The molecule has 1 aliphatic carbocycles. The molecule has 18 heavy (non-hydrogen) atoms. The molecule has 1 aromatic heterocycles. The zero-order valence-corrected chi connectivity index (χ0v) is 12.4. The number of aryl methyl sites for hydroxylation is 1. The number of hydrogen-bond donors (Lipinski definition) is 0. The van der Waals surface area contributed by atoms with Gasteiger partial charge in [-0.3, -0.25) is 0 Å². The minimum Gasteiger partial charge on any atom is -0.379 e. The standard InChI is InChI=1S/C13H20BrN3O/c1-2-17(7-9-18-8-6-14)13-11-4-3-5-12(11)15-10-16-13/h10H,2-9H2,1H3. The van der Waals surface area contributed by atoms with Crippen LogP contribution in [0.3, 0.4) is 0 Å². The van der Waals surface area contributed by atoms with Crippen LogP contribution in [-0.4, -0.2) is 41.6 Å². The van der Waals surface area contributed by atoms with Gasteiger partial charge >= 0.3 is 0 Å². The van der Waals surface area contributed by atoms with Gasteiger partial charge in [0.15, 0.2) is 0 Å². The summed E-state index contributed by atoms with van der Waals surface area (Å²) >= 11 is 3.36. The van der Waals surface area contributed by atoms with Crippen LogP contribution in [0.1, 0.15) is 24.6 Å². The van der Waals surface area contributed by atoms with Crippen LogP contribution < -0.4 is 4.90 Å². The number of fused-ring (bicyclic) bond motifs is 1. The molecule has 0 aromatic carbocycles. The molecule has 1 aliphatic rings. The monoisotopic (exact) mass is 313 g/mol. The molecule has 0 atom stereocenters. The van der Waals surface area contributed by atoms with Gasteiger partial charge in [0.05, 0.1) is 13.2 Å². The summed E-state index contributed by atoms with van der Waals surface area (Å²) in [6.07, 6.45) is 5.12. The number of hydrogen-bond acceptors (Lipinski definition) is 4. The first kappa shape index (κ1) is 13.7. The Hall–Kier alpha value is -0.680. The topological polar surface area (TPSA) is 38.2 Å². The van der Waals surface area contributed by atoms with Gasteiger partial charge in [-0.15, -0.1) is 0 Å². The number of alkyl halides is 1. The third-order valence-corrected chi connectivity index (χ3v) is 3.58. The van der Waals surface area contributed by atoms with Crippen molar-refractivity contribution in [3.63, 3.8) is 0 Å². The van der Waals surface area contributed by atoms with Crippen LogP contribution >= 0.6 is 15.9 Å². The number of likely N-dealkylation sites (N-methyl/N-ethyl adjacent to an activating group) is 1. The summed E-state index contributed by atoms with van der Waals surface area (Å²) in [6.45, 7) is 5.53. The second-order valence-corrected chi connectivity index (χ2v) is 5.15. The Bertz CT molecular complexity index is 386. The first-order valence-corrected chi connectivity index (χ1v) is 7.70. The molecule has 5 heteroatoms. The van der Waals surface area contributed by atoms with E-state index in [0.717, 1.165) is 50.3 Å². The lowest BCUT2D eigenvalue weighted by atomic mass is 10.2. The molecular weight excluding hydrogens is 294 g/mol. The van der Waals surface area contributed by atoms with Gasteiger partial charge in [-0.1, -0.05) is 15.9 Å². The Morgan fingerprint density at radius 1 is 1.33 bits per heavy atom. The van der Waals surface area contributed by atoms with Gasteiger partial charge in [0, 0.05) is 29.7 Å². The van der Waals surface area contributed by atoms with Gasteiger partial charge in [0.25, 0.3) is 0 Å². The lowest BCUT2D eigenvalue weighted by Gasteiger charge is -2.23. The molecule has 0 N–H and O–H groups in total. The Morgan fingerprint density at radius 2 is 2.22 bits per heavy atom. The summed E-state index contributed by atoms with van der Waals surface area (Å²) in [5.41, 5.74) is 2.58. The molecule has 0 unspecified atom stereocenters. The second kappa shape index (κ2) is 7.04. The van der Waals surface area contributed by atoms with Crippen molar-refractivity contribution in [2.45, 2.75) is 26.2 Å². The normalized spacial score (nSPS) is 13.7. The molecule has 0 aliphatic heterocycles. The summed E-state index contributed by atoms with van der Waals surface area (Å²) in [5.74, 6) is 1.11. The maximum absolute atomic E-state index is 5.52. The Kier molecular flexibility index (Phi) is 5.38. The Balaban J connectivity index is 2.01. The zero-order chi connectivity index (χ0) is 12.8. The number of anilines is 1. The fraction of sp³-hybridized carbons (Fsp3) is 0.692. The van der Waals surface area contributed by atoms with Crippen LogP contribution in [0.15, 0.2) is 6.33 Å². The summed E-state index contributed by atoms with van der Waals surface area (Å²) in [4.78, 5) is 11.1. The van der Waals surface area contributed by atoms with Crippen LogP contribution in [0.5, 0.6) is 0 Å². The van der Waals surface area contributed by atoms with Crippen molar-refractivity contribution in [2.75, 3.05) is 36.5 Å². The molecule has 0 bridgehead atoms. The van der Waals surface area contributed by atoms with Crippen molar-refractivity contribution < 1.29 is 4.74 Å². The van der Waals surface area contributed by atoms with E-state index in [1.54, 1.807) is 6.33 Å². The molecule has 0 saturated heterocycles. The van der Waals surface area contributed by atoms with Crippen molar-refractivity contribution >= 4 is 21.7 Å². The van der Waals surface area contributed by atoms with Crippen molar-refractivity contribution in [1.29, 1.82) is 0 Å². The van der Waals surface area contributed by atoms with Crippen LogP contribution in [0.2, 0.25) is 0 Å². The molecule has 0 amide bonds. The summed E-state index contributed by atoms with van der Waals surface area (Å²) < 4.78 is 5.52. The molecular formula is C13H20BrN3O. The maximum Gasteiger partial charge on any atom is 0.135 e. The molecule has 0 saturated carbocycles. The molecule has 0 radical (unpaired) electrons. The molecule has 100 valence electrons. The third-order valence-electron chi connectivity index (χ3n) is 3.26. The third kappa shape index (κ3) is 3.20. The highest BCUT2D eigenvalue weighted by molar-refractivity contribution is 9.09. The first-order chi connectivity index (χ1) is 8.86. The fourth-order valence-corrected chi connectivity index (χ4v) is 2.59. The fourth-order valence-electron chi connectivity index (χ4n) is 2.36. The summed E-state index contributed by atoms with van der Waals surface area (Å²) in [6, 6.07) is 0. The molecule has 1 heterocycles. The van der Waals surface area contributed by atoms with Gasteiger partial charge in [-0.25, -0.2) is 9.97 Å². The number of halogens is 1. The van der Waals surface area contributed by atoms with Gasteiger partial charge in [0.1, 0.15) is 12.1 Å². The van der Waals surface area contributed by atoms with E-state index in [2.05, 4.69) is 37.7 Å². The molecule has 1 aromatic rings. The predicted octanol–water partition coefficient (Wildman–Crippen LogP) is 2.20. The second-order valence-electron chi connectivity index (χ2n) is 4.36. The largest absolute Gasteiger partial charge is 0.379 e. The molecule has 2 rings (SSSR count). The first-order valence-electron chi connectivity index (χ1n) is 6.58. The molecule has 0 fully saturated rings. The highest BCUT2D eigenvalue weighted by atomic mass is 79.9. The van der Waals surface area contributed by atoms with Crippen LogP contribution in [0, 0.1) is 0 Å². The zero-order valence-electron chi connectivity index (χ0n) is 10.9.